The number of hydrogen-bond donors (Lipinski definition) is 1. The van der Waals surface area contributed by atoms with Crippen LogP contribution in [0.25, 0.3) is 0 Å². The van der Waals surface area contributed by atoms with Crippen molar-refractivity contribution in [1.82, 2.24) is 9.80 Å². The first-order valence-electron chi connectivity index (χ1n) is 15.9. The maximum Gasteiger partial charge on any atom is 0.251 e. The van der Waals surface area contributed by atoms with Gasteiger partial charge in [-0.05, 0) is 36.0 Å². The highest BCUT2D eigenvalue weighted by atomic mass is 35.5. The lowest BCUT2D eigenvalue weighted by atomic mass is 9.65. The van der Waals surface area contributed by atoms with Crippen LogP contribution in [-0.4, -0.2) is 74.4 Å². The lowest BCUT2D eigenvalue weighted by molar-refractivity contribution is -0.146. The SMILES string of the molecule is C=CCN(Cc1ccccc1)C(=O)[C@@H]1[C@@H]2CC(C)C3(S2)C(C(=O)N(CC=C)c2ccccc2Cl)N([C@@H](CO)[C@@H](C)CC)C(=O)[C@H]13. The number of aliphatic hydroxyl groups is 1. The fraction of sp³-hybridized carbons (Fsp3) is 0.472. The highest BCUT2D eigenvalue weighted by Crippen LogP contribution is 2.69. The summed E-state index contributed by atoms with van der Waals surface area (Å²) in [6.45, 7) is 14.6. The number of anilines is 1. The average molecular weight is 650 g/mol. The van der Waals surface area contributed by atoms with Crippen LogP contribution in [0.15, 0.2) is 79.9 Å². The van der Waals surface area contributed by atoms with Gasteiger partial charge >= 0.3 is 0 Å². The number of aliphatic hydroxyl groups excluding tert-OH is 1. The molecule has 5 rings (SSSR count). The third-order valence-corrected chi connectivity index (χ3v) is 12.5. The van der Waals surface area contributed by atoms with Crippen LogP contribution in [0.3, 0.4) is 0 Å². The second-order valence-electron chi connectivity index (χ2n) is 12.6. The Hall–Kier alpha value is -3.07. The monoisotopic (exact) mass is 649 g/mol. The fourth-order valence-corrected chi connectivity index (χ4v) is 10.5. The van der Waals surface area contributed by atoms with Gasteiger partial charge in [0.05, 0.1) is 39.9 Å². The zero-order valence-electron chi connectivity index (χ0n) is 26.3. The molecule has 0 radical (unpaired) electrons. The smallest absolute Gasteiger partial charge is 0.251 e. The van der Waals surface area contributed by atoms with Gasteiger partial charge in [-0.15, -0.1) is 24.9 Å². The molecule has 3 saturated heterocycles. The van der Waals surface area contributed by atoms with Gasteiger partial charge in [0.1, 0.15) is 6.04 Å². The van der Waals surface area contributed by atoms with Gasteiger partial charge in [-0.3, -0.25) is 14.4 Å². The van der Waals surface area contributed by atoms with Crippen molar-refractivity contribution < 1.29 is 19.5 Å². The van der Waals surface area contributed by atoms with E-state index in [2.05, 4.69) is 20.1 Å². The van der Waals surface area contributed by atoms with Crippen molar-refractivity contribution in [2.24, 2.45) is 23.7 Å². The minimum atomic E-state index is -0.887. The van der Waals surface area contributed by atoms with Gasteiger partial charge in [0, 0.05) is 24.9 Å². The predicted octanol–water partition coefficient (Wildman–Crippen LogP) is 5.82. The number of carbonyl (C=O) groups excluding carboxylic acids is 3. The molecule has 240 valence electrons. The van der Waals surface area contributed by atoms with Crippen molar-refractivity contribution in [3.8, 4) is 0 Å². The van der Waals surface area contributed by atoms with Gasteiger partial charge in [-0.25, -0.2) is 0 Å². The number of benzene rings is 2. The Balaban J connectivity index is 1.62. The Morgan fingerprint density at radius 2 is 1.78 bits per heavy atom. The number of halogens is 1. The third-order valence-electron chi connectivity index (χ3n) is 10.1. The summed E-state index contributed by atoms with van der Waals surface area (Å²) in [6.07, 6.45) is 4.81. The molecule has 8 atom stereocenters. The van der Waals surface area contributed by atoms with Crippen LogP contribution in [-0.2, 0) is 20.9 Å². The predicted molar refractivity (Wildman–Crippen MR) is 182 cm³/mol. The average Bonchev–Trinajstić information content (AvgIpc) is 3.64. The molecule has 0 aliphatic carbocycles. The zero-order valence-corrected chi connectivity index (χ0v) is 27.9. The van der Waals surface area contributed by atoms with Crippen LogP contribution in [0, 0.1) is 23.7 Å². The van der Waals surface area contributed by atoms with E-state index in [1.165, 1.54) is 0 Å². The minimum Gasteiger partial charge on any atom is -0.394 e. The molecule has 1 N–H and O–H groups in total. The summed E-state index contributed by atoms with van der Waals surface area (Å²) >= 11 is 8.27. The first kappa shape index (κ1) is 33.3. The van der Waals surface area contributed by atoms with Crippen molar-refractivity contribution in [3.63, 3.8) is 0 Å². The third kappa shape index (κ3) is 5.63. The van der Waals surface area contributed by atoms with Crippen LogP contribution in [0.4, 0.5) is 5.69 Å². The van der Waals surface area contributed by atoms with E-state index in [1.54, 1.807) is 50.7 Å². The Morgan fingerprint density at radius 3 is 2.40 bits per heavy atom. The van der Waals surface area contributed by atoms with Crippen LogP contribution in [0.2, 0.25) is 5.02 Å². The molecule has 2 aromatic rings. The number of amides is 3. The van der Waals surface area contributed by atoms with Gasteiger partial charge in [0.25, 0.3) is 5.91 Å². The number of hydrogen-bond acceptors (Lipinski definition) is 5. The molecule has 0 saturated carbocycles. The molecule has 0 aromatic heterocycles. The quantitative estimate of drug-likeness (QED) is 0.277. The molecule has 2 bridgehead atoms. The van der Waals surface area contributed by atoms with Crippen LogP contribution >= 0.6 is 23.4 Å². The number of likely N-dealkylation sites (tertiary alicyclic amines) is 1. The molecule has 3 amide bonds. The molecule has 45 heavy (non-hydrogen) atoms. The van der Waals surface area contributed by atoms with Gasteiger partial charge in [-0.2, -0.15) is 0 Å². The van der Waals surface area contributed by atoms with E-state index in [0.717, 1.165) is 12.0 Å². The number of fused-ring (bicyclic) bond motifs is 1. The molecule has 3 aliphatic heterocycles. The van der Waals surface area contributed by atoms with Crippen LogP contribution in [0.5, 0.6) is 0 Å². The van der Waals surface area contributed by atoms with Crippen molar-refractivity contribution in [2.45, 2.75) is 62.2 Å². The Labute approximate surface area is 276 Å². The molecule has 3 unspecified atom stereocenters. The summed E-state index contributed by atoms with van der Waals surface area (Å²) in [7, 11) is 0. The molecule has 7 nitrogen and oxygen atoms in total. The summed E-state index contributed by atoms with van der Waals surface area (Å²) < 4.78 is -0.840. The topological polar surface area (TPSA) is 81.2 Å². The van der Waals surface area contributed by atoms with Crippen molar-refractivity contribution >= 4 is 46.8 Å². The molecule has 9 heteroatoms. The summed E-state index contributed by atoms with van der Waals surface area (Å²) in [6, 6.07) is 15.5. The van der Waals surface area contributed by atoms with Crippen LogP contribution in [0.1, 0.15) is 39.2 Å². The number of thioether (sulfide) groups is 1. The first-order valence-corrected chi connectivity index (χ1v) is 17.1. The lowest BCUT2D eigenvalue weighted by Crippen LogP contribution is -2.60. The Morgan fingerprint density at radius 1 is 1.11 bits per heavy atom. The van der Waals surface area contributed by atoms with E-state index in [0.29, 0.717) is 30.2 Å². The van der Waals surface area contributed by atoms with Gasteiger partial charge in [0.15, 0.2) is 0 Å². The Kier molecular flexibility index (Phi) is 10.2. The molecule has 3 fully saturated rings. The highest BCUT2D eigenvalue weighted by Gasteiger charge is 2.77. The van der Waals surface area contributed by atoms with Crippen molar-refractivity contribution in [1.29, 1.82) is 0 Å². The first-order chi connectivity index (χ1) is 21.7. The summed E-state index contributed by atoms with van der Waals surface area (Å²) in [5, 5.41) is 11.1. The lowest BCUT2D eigenvalue weighted by Gasteiger charge is -2.43. The standard InChI is InChI=1S/C36H44ClN3O4S/c1-6-18-38(21-25-14-10-9-11-15-25)33(42)30-29-20-24(5)36(45-29)31(30)34(43)40(28(22-41)23(4)8-3)32(36)35(44)39(19-7-2)27-17-13-12-16-26(27)37/h6-7,9-17,23-24,28-32,41H,1-2,8,18-22H2,3-5H3/t23-,24?,28-,29-,30+,31-,32?,36?/m0/s1. The van der Waals surface area contributed by atoms with E-state index >= 15 is 4.79 Å². The molecule has 3 heterocycles. The van der Waals surface area contributed by atoms with Gasteiger partial charge in [0.2, 0.25) is 11.8 Å². The highest BCUT2D eigenvalue weighted by molar-refractivity contribution is 8.02. The fourth-order valence-electron chi connectivity index (χ4n) is 7.85. The summed E-state index contributed by atoms with van der Waals surface area (Å²) in [5.74, 6) is -1.94. The van der Waals surface area contributed by atoms with Gasteiger partial charge < -0.3 is 19.8 Å². The van der Waals surface area contributed by atoms with Crippen LogP contribution < -0.4 is 4.90 Å². The number of para-hydroxylation sites is 1. The van der Waals surface area contributed by atoms with E-state index in [-0.39, 0.29) is 48.0 Å². The summed E-state index contributed by atoms with van der Waals surface area (Å²) in [4.78, 5) is 49.5. The second-order valence-corrected chi connectivity index (χ2v) is 14.6. The van der Waals surface area contributed by atoms with Crippen molar-refractivity contribution in [3.05, 3.63) is 90.5 Å². The summed E-state index contributed by atoms with van der Waals surface area (Å²) in [5.41, 5.74) is 1.54. The minimum absolute atomic E-state index is 0.0143. The van der Waals surface area contributed by atoms with Gasteiger partial charge in [-0.1, -0.05) is 93.4 Å². The number of rotatable bonds is 13. The molecule has 2 aromatic carbocycles. The van der Waals surface area contributed by atoms with E-state index in [4.69, 9.17) is 11.6 Å². The molecule has 1 spiro atoms. The molecular formula is C36H44ClN3O4S. The second kappa shape index (κ2) is 13.7. The van der Waals surface area contributed by atoms with E-state index in [1.807, 2.05) is 56.3 Å². The molecular weight excluding hydrogens is 606 g/mol. The normalized spacial score (nSPS) is 28.0. The number of carbonyl (C=O) groups is 3. The maximum atomic E-state index is 15.0. The maximum absolute atomic E-state index is 15.0. The largest absolute Gasteiger partial charge is 0.394 e. The van der Waals surface area contributed by atoms with Crippen molar-refractivity contribution in [2.75, 3.05) is 24.6 Å². The number of nitrogens with zero attached hydrogens (tertiary/aromatic N) is 3. The molecule has 3 aliphatic rings. The zero-order chi connectivity index (χ0) is 32.5. The van der Waals surface area contributed by atoms with E-state index in [9.17, 15) is 14.7 Å². The Bertz CT molecular complexity index is 1440. The van der Waals surface area contributed by atoms with E-state index < -0.39 is 28.7 Å².